The van der Waals surface area contributed by atoms with E-state index in [4.69, 9.17) is 4.74 Å². The van der Waals surface area contributed by atoms with E-state index in [2.05, 4.69) is 0 Å². The Morgan fingerprint density at radius 2 is 1.89 bits per heavy atom. The van der Waals surface area contributed by atoms with Crippen molar-refractivity contribution in [3.8, 4) is 0 Å². The molecular formula is C16H24O3. The molecule has 0 aliphatic rings. The van der Waals surface area contributed by atoms with Gasteiger partial charge in [0.05, 0.1) is 12.5 Å². The Bertz CT molecular complexity index is 407. The first kappa shape index (κ1) is 15.7. The van der Waals surface area contributed by atoms with Gasteiger partial charge in [-0.3, -0.25) is 4.79 Å². The van der Waals surface area contributed by atoms with Gasteiger partial charge in [0.15, 0.2) is 0 Å². The van der Waals surface area contributed by atoms with Gasteiger partial charge in [-0.05, 0) is 32.8 Å². The van der Waals surface area contributed by atoms with Crippen LogP contribution in [0.15, 0.2) is 24.3 Å². The number of carbonyl (C=O) groups excluding carboxylic acids is 1. The largest absolute Gasteiger partial charge is 0.466 e. The van der Waals surface area contributed by atoms with Gasteiger partial charge in [-0.15, -0.1) is 0 Å². The van der Waals surface area contributed by atoms with E-state index in [1.807, 2.05) is 38.1 Å². The molecule has 2 unspecified atom stereocenters. The molecule has 0 saturated carbocycles. The minimum Gasteiger partial charge on any atom is -0.466 e. The number of hydrogen-bond acceptors (Lipinski definition) is 3. The highest BCUT2D eigenvalue weighted by molar-refractivity contribution is 5.74. The number of carbonyl (C=O) groups is 1. The predicted octanol–water partition coefficient (Wildman–Crippen LogP) is 3.18. The van der Waals surface area contributed by atoms with Crippen molar-refractivity contribution in [2.45, 2.75) is 46.1 Å². The van der Waals surface area contributed by atoms with Crippen molar-refractivity contribution in [1.82, 2.24) is 0 Å². The molecule has 2 atom stereocenters. The molecule has 0 aliphatic carbocycles. The van der Waals surface area contributed by atoms with Crippen LogP contribution in [0.4, 0.5) is 0 Å². The van der Waals surface area contributed by atoms with Crippen molar-refractivity contribution in [2.24, 2.45) is 5.92 Å². The van der Waals surface area contributed by atoms with Crippen LogP contribution in [0.25, 0.3) is 0 Å². The van der Waals surface area contributed by atoms with Crippen LogP contribution in [0.3, 0.4) is 0 Å². The number of ether oxygens (including phenoxy) is 1. The first-order valence-electron chi connectivity index (χ1n) is 6.89. The lowest BCUT2D eigenvalue weighted by molar-refractivity contribution is -0.158. The normalized spacial score (nSPS) is 15.6. The summed E-state index contributed by atoms with van der Waals surface area (Å²) in [4.78, 5) is 12.0. The zero-order valence-corrected chi connectivity index (χ0v) is 12.3. The molecular weight excluding hydrogens is 240 g/mol. The van der Waals surface area contributed by atoms with E-state index >= 15 is 0 Å². The number of hydrogen-bond donors (Lipinski definition) is 1. The summed E-state index contributed by atoms with van der Waals surface area (Å²) < 4.78 is 5.09. The number of aryl methyl sites for hydroxylation is 1. The lowest BCUT2D eigenvalue weighted by Gasteiger charge is -2.31. The van der Waals surface area contributed by atoms with Crippen molar-refractivity contribution in [3.63, 3.8) is 0 Å². The predicted molar refractivity (Wildman–Crippen MR) is 75.8 cm³/mol. The fraction of sp³-hybridized carbons (Fsp3) is 0.562. The van der Waals surface area contributed by atoms with E-state index in [0.29, 0.717) is 13.0 Å². The van der Waals surface area contributed by atoms with Crippen molar-refractivity contribution in [1.29, 1.82) is 0 Å². The monoisotopic (exact) mass is 264 g/mol. The molecule has 0 heterocycles. The van der Waals surface area contributed by atoms with E-state index in [9.17, 15) is 9.90 Å². The lowest BCUT2D eigenvalue weighted by atomic mass is 9.80. The standard InChI is InChI=1S/C16H24O3/c1-5-7-14(15(17)19-6-2)16(4,18)13-10-8-12(3)9-11-13/h8-11,14,18H,5-7H2,1-4H3. The first-order chi connectivity index (χ1) is 8.93. The molecule has 0 spiro atoms. The summed E-state index contributed by atoms with van der Waals surface area (Å²) in [5.74, 6) is -0.852. The molecule has 0 aromatic heterocycles. The summed E-state index contributed by atoms with van der Waals surface area (Å²) in [6.07, 6.45) is 1.44. The van der Waals surface area contributed by atoms with Gasteiger partial charge in [0.2, 0.25) is 0 Å². The van der Waals surface area contributed by atoms with Gasteiger partial charge >= 0.3 is 5.97 Å². The van der Waals surface area contributed by atoms with E-state index in [0.717, 1.165) is 17.5 Å². The van der Waals surface area contributed by atoms with Crippen LogP contribution in [0.1, 0.15) is 44.7 Å². The molecule has 1 aromatic rings. The van der Waals surface area contributed by atoms with Gasteiger partial charge in [0.1, 0.15) is 5.60 Å². The third kappa shape index (κ3) is 3.80. The average Bonchev–Trinajstić information content (AvgIpc) is 2.36. The van der Waals surface area contributed by atoms with Crippen LogP contribution in [-0.2, 0) is 15.1 Å². The van der Waals surface area contributed by atoms with Crippen LogP contribution >= 0.6 is 0 Å². The summed E-state index contributed by atoms with van der Waals surface area (Å²) in [5.41, 5.74) is 0.683. The van der Waals surface area contributed by atoms with Crippen molar-refractivity contribution >= 4 is 5.97 Å². The second kappa shape index (κ2) is 6.71. The smallest absolute Gasteiger partial charge is 0.312 e. The molecule has 3 heteroatoms. The molecule has 1 rings (SSSR count). The maximum absolute atomic E-state index is 12.0. The Balaban J connectivity index is 3.04. The summed E-state index contributed by atoms with van der Waals surface area (Å²) in [6.45, 7) is 7.80. The van der Waals surface area contributed by atoms with Crippen LogP contribution in [-0.4, -0.2) is 17.7 Å². The van der Waals surface area contributed by atoms with Crippen molar-refractivity contribution < 1.29 is 14.6 Å². The average molecular weight is 264 g/mol. The number of aliphatic hydroxyl groups is 1. The zero-order valence-electron chi connectivity index (χ0n) is 12.3. The van der Waals surface area contributed by atoms with Crippen LogP contribution < -0.4 is 0 Å². The highest BCUT2D eigenvalue weighted by Gasteiger charge is 2.39. The third-order valence-corrected chi connectivity index (χ3v) is 3.46. The molecule has 1 aromatic carbocycles. The van der Waals surface area contributed by atoms with Gasteiger partial charge in [0.25, 0.3) is 0 Å². The van der Waals surface area contributed by atoms with Gasteiger partial charge < -0.3 is 9.84 Å². The third-order valence-electron chi connectivity index (χ3n) is 3.46. The second-order valence-electron chi connectivity index (χ2n) is 5.11. The van der Waals surface area contributed by atoms with Gasteiger partial charge in [0, 0.05) is 0 Å². The highest BCUT2D eigenvalue weighted by atomic mass is 16.5. The summed E-state index contributed by atoms with van der Waals surface area (Å²) in [5, 5.41) is 10.8. The molecule has 0 bridgehead atoms. The van der Waals surface area contributed by atoms with E-state index < -0.39 is 11.5 Å². The molecule has 1 N–H and O–H groups in total. The number of esters is 1. The molecule has 0 radical (unpaired) electrons. The molecule has 19 heavy (non-hydrogen) atoms. The van der Waals surface area contributed by atoms with E-state index in [-0.39, 0.29) is 5.97 Å². The quantitative estimate of drug-likeness (QED) is 0.803. The molecule has 0 fully saturated rings. The molecule has 0 aliphatic heterocycles. The van der Waals surface area contributed by atoms with Crippen LogP contribution in [0.2, 0.25) is 0 Å². The fourth-order valence-corrected chi connectivity index (χ4v) is 2.25. The van der Waals surface area contributed by atoms with Crippen molar-refractivity contribution in [3.05, 3.63) is 35.4 Å². The lowest BCUT2D eigenvalue weighted by Crippen LogP contribution is -2.38. The summed E-state index contributed by atoms with van der Waals surface area (Å²) in [6, 6.07) is 7.63. The number of benzene rings is 1. The van der Waals surface area contributed by atoms with E-state index in [1.165, 1.54) is 0 Å². The summed E-state index contributed by atoms with van der Waals surface area (Å²) >= 11 is 0. The van der Waals surface area contributed by atoms with Gasteiger partial charge in [-0.2, -0.15) is 0 Å². The number of rotatable bonds is 6. The zero-order chi connectivity index (χ0) is 14.5. The Morgan fingerprint density at radius 1 is 1.32 bits per heavy atom. The Morgan fingerprint density at radius 3 is 2.37 bits per heavy atom. The second-order valence-corrected chi connectivity index (χ2v) is 5.11. The Labute approximate surface area is 115 Å². The SMILES string of the molecule is CCCC(C(=O)OCC)C(C)(O)c1ccc(C)cc1. The summed E-state index contributed by atoms with van der Waals surface area (Å²) in [7, 11) is 0. The topological polar surface area (TPSA) is 46.5 Å². The Kier molecular flexibility index (Phi) is 5.55. The molecule has 3 nitrogen and oxygen atoms in total. The maximum Gasteiger partial charge on any atom is 0.312 e. The Hall–Kier alpha value is -1.35. The first-order valence-corrected chi connectivity index (χ1v) is 6.89. The van der Waals surface area contributed by atoms with Crippen LogP contribution in [0.5, 0.6) is 0 Å². The maximum atomic E-state index is 12.0. The minimum atomic E-state index is -1.20. The van der Waals surface area contributed by atoms with Crippen LogP contribution in [0, 0.1) is 12.8 Å². The molecule has 0 amide bonds. The van der Waals surface area contributed by atoms with E-state index in [1.54, 1.807) is 13.8 Å². The van der Waals surface area contributed by atoms with Crippen molar-refractivity contribution in [2.75, 3.05) is 6.61 Å². The highest BCUT2D eigenvalue weighted by Crippen LogP contribution is 2.33. The van der Waals surface area contributed by atoms with Gasteiger partial charge in [-0.25, -0.2) is 0 Å². The fourth-order valence-electron chi connectivity index (χ4n) is 2.25. The molecule has 0 saturated heterocycles. The van der Waals surface area contributed by atoms with Gasteiger partial charge in [-0.1, -0.05) is 43.2 Å². The minimum absolute atomic E-state index is 0.324. The molecule has 106 valence electrons.